The van der Waals surface area contributed by atoms with Gasteiger partial charge in [0.25, 0.3) is 5.56 Å². The van der Waals surface area contributed by atoms with E-state index in [9.17, 15) is 14.4 Å². The smallest absolute Gasteiger partial charge is 0.262 e. The highest BCUT2D eigenvalue weighted by atomic mass is 32.1. The Morgan fingerprint density at radius 3 is 2.83 bits per heavy atom. The first-order valence-corrected chi connectivity index (χ1v) is 11.0. The van der Waals surface area contributed by atoms with Crippen molar-refractivity contribution in [2.45, 2.75) is 51.6 Å². The van der Waals surface area contributed by atoms with Crippen molar-refractivity contribution in [1.82, 2.24) is 19.8 Å². The van der Waals surface area contributed by atoms with Crippen LogP contribution in [0.3, 0.4) is 0 Å². The Hall–Kier alpha value is -2.26. The van der Waals surface area contributed by atoms with Crippen LogP contribution in [0.25, 0.3) is 10.2 Å². The third kappa shape index (κ3) is 4.20. The van der Waals surface area contributed by atoms with Crippen LogP contribution < -0.4 is 10.9 Å². The van der Waals surface area contributed by atoms with Crippen molar-refractivity contribution in [2.75, 3.05) is 26.3 Å². The first kappa shape index (κ1) is 20.0. The van der Waals surface area contributed by atoms with Gasteiger partial charge in [-0.3, -0.25) is 19.0 Å². The molecule has 2 aliphatic rings. The highest BCUT2D eigenvalue weighted by molar-refractivity contribution is 7.18. The lowest BCUT2D eigenvalue weighted by atomic mass is 9.97. The topological polar surface area (TPSA) is 93.5 Å². The largest absolute Gasteiger partial charge is 0.378 e. The number of aryl methyl sites for hydroxylation is 3. The number of thiophene rings is 1. The van der Waals surface area contributed by atoms with Gasteiger partial charge in [-0.15, -0.1) is 11.3 Å². The SMILES string of the molecule is CC(NC(=O)CCn1cnc2sc3c(c2c1=O)CCCC3)C(=O)N1CCOCC1. The molecule has 9 heteroatoms. The molecule has 8 nitrogen and oxygen atoms in total. The number of carbonyl (C=O) groups excluding carboxylic acids is 2. The second kappa shape index (κ2) is 8.62. The summed E-state index contributed by atoms with van der Waals surface area (Å²) in [6.45, 7) is 4.08. The lowest BCUT2D eigenvalue weighted by Gasteiger charge is -2.29. The summed E-state index contributed by atoms with van der Waals surface area (Å²) in [6.07, 6.45) is 5.87. The molecule has 1 aliphatic carbocycles. The zero-order valence-electron chi connectivity index (χ0n) is 16.6. The summed E-state index contributed by atoms with van der Waals surface area (Å²) in [5.41, 5.74) is 1.08. The van der Waals surface area contributed by atoms with E-state index in [0.717, 1.165) is 41.5 Å². The quantitative estimate of drug-likeness (QED) is 0.785. The van der Waals surface area contributed by atoms with Crippen LogP contribution in [-0.4, -0.2) is 58.6 Å². The molecule has 1 unspecified atom stereocenters. The van der Waals surface area contributed by atoms with E-state index in [1.54, 1.807) is 23.2 Å². The van der Waals surface area contributed by atoms with Crippen LogP contribution in [0.4, 0.5) is 0 Å². The summed E-state index contributed by atoms with van der Waals surface area (Å²) >= 11 is 1.62. The van der Waals surface area contributed by atoms with E-state index in [1.807, 2.05) is 0 Å². The predicted octanol–water partition coefficient (Wildman–Crippen LogP) is 1.09. The average molecular weight is 419 g/mol. The monoisotopic (exact) mass is 418 g/mol. The summed E-state index contributed by atoms with van der Waals surface area (Å²) in [5, 5.41) is 3.47. The summed E-state index contributed by atoms with van der Waals surface area (Å²) < 4.78 is 6.76. The molecule has 1 aliphatic heterocycles. The van der Waals surface area contributed by atoms with E-state index in [-0.39, 0.29) is 30.3 Å². The van der Waals surface area contributed by atoms with Crippen molar-refractivity contribution in [3.63, 3.8) is 0 Å². The van der Waals surface area contributed by atoms with Gasteiger partial charge in [0, 0.05) is 30.9 Å². The van der Waals surface area contributed by atoms with Gasteiger partial charge >= 0.3 is 0 Å². The molecule has 156 valence electrons. The molecule has 0 bridgehead atoms. The number of nitrogens with zero attached hydrogens (tertiary/aromatic N) is 3. The van der Waals surface area contributed by atoms with E-state index >= 15 is 0 Å². The number of morpholine rings is 1. The van der Waals surface area contributed by atoms with Crippen molar-refractivity contribution in [1.29, 1.82) is 0 Å². The Morgan fingerprint density at radius 2 is 2.03 bits per heavy atom. The van der Waals surface area contributed by atoms with E-state index < -0.39 is 6.04 Å². The van der Waals surface area contributed by atoms with Crippen LogP contribution in [0.1, 0.15) is 36.6 Å². The van der Waals surface area contributed by atoms with Crippen molar-refractivity contribution in [3.05, 3.63) is 27.1 Å². The Bertz CT molecular complexity index is 977. The van der Waals surface area contributed by atoms with Gasteiger partial charge in [0.1, 0.15) is 10.9 Å². The Kier molecular flexibility index (Phi) is 5.96. The molecule has 3 heterocycles. The third-order valence-electron chi connectivity index (χ3n) is 5.59. The van der Waals surface area contributed by atoms with Crippen LogP contribution in [0.5, 0.6) is 0 Å². The lowest BCUT2D eigenvalue weighted by Crippen LogP contribution is -2.50. The first-order valence-electron chi connectivity index (χ1n) is 10.2. The molecule has 0 aromatic carbocycles. The molecule has 4 rings (SSSR count). The maximum atomic E-state index is 12.9. The molecule has 1 atom stereocenters. The van der Waals surface area contributed by atoms with Crippen LogP contribution in [-0.2, 0) is 33.7 Å². The van der Waals surface area contributed by atoms with Crippen LogP contribution in [0.2, 0.25) is 0 Å². The Labute approximate surface area is 172 Å². The number of nitrogens with one attached hydrogen (secondary N) is 1. The van der Waals surface area contributed by atoms with E-state index in [2.05, 4.69) is 10.3 Å². The average Bonchev–Trinajstić information content (AvgIpc) is 3.12. The molecule has 29 heavy (non-hydrogen) atoms. The van der Waals surface area contributed by atoms with Crippen LogP contribution in [0, 0.1) is 0 Å². The molecule has 0 saturated carbocycles. The van der Waals surface area contributed by atoms with Gasteiger partial charge in [0.15, 0.2) is 0 Å². The van der Waals surface area contributed by atoms with E-state index in [0.29, 0.717) is 26.3 Å². The fraction of sp³-hybridized carbons (Fsp3) is 0.600. The second-order valence-electron chi connectivity index (χ2n) is 7.61. The molecule has 1 N–H and O–H groups in total. The lowest BCUT2D eigenvalue weighted by molar-refractivity contribution is -0.139. The molecular formula is C20H26N4O4S. The van der Waals surface area contributed by atoms with Gasteiger partial charge in [-0.1, -0.05) is 0 Å². The van der Waals surface area contributed by atoms with Gasteiger partial charge in [0.05, 0.1) is 24.9 Å². The Morgan fingerprint density at radius 1 is 1.28 bits per heavy atom. The fourth-order valence-electron chi connectivity index (χ4n) is 4.00. The normalized spacial score (nSPS) is 17.8. The minimum absolute atomic E-state index is 0.0698. The molecule has 2 amide bonds. The number of aromatic nitrogens is 2. The molecule has 0 spiro atoms. The summed E-state index contributed by atoms with van der Waals surface area (Å²) in [6, 6.07) is -0.596. The number of carbonyl (C=O) groups is 2. The van der Waals surface area contributed by atoms with Gasteiger partial charge in [0.2, 0.25) is 11.8 Å². The number of ether oxygens (including phenoxy) is 1. The maximum Gasteiger partial charge on any atom is 0.262 e. The van der Waals surface area contributed by atoms with Gasteiger partial charge in [-0.05, 0) is 38.2 Å². The zero-order valence-corrected chi connectivity index (χ0v) is 17.4. The highest BCUT2D eigenvalue weighted by Crippen LogP contribution is 2.33. The van der Waals surface area contributed by atoms with Crippen LogP contribution in [0.15, 0.2) is 11.1 Å². The van der Waals surface area contributed by atoms with Crippen molar-refractivity contribution in [3.8, 4) is 0 Å². The maximum absolute atomic E-state index is 12.9. The second-order valence-corrected chi connectivity index (χ2v) is 8.69. The first-order chi connectivity index (χ1) is 14.0. The summed E-state index contributed by atoms with van der Waals surface area (Å²) in [7, 11) is 0. The molecule has 0 radical (unpaired) electrons. The molecule has 1 saturated heterocycles. The van der Waals surface area contributed by atoms with Crippen molar-refractivity contribution >= 4 is 33.4 Å². The van der Waals surface area contributed by atoms with E-state index in [1.165, 1.54) is 15.8 Å². The predicted molar refractivity (Wildman–Crippen MR) is 110 cm³/mol. The molecular weight excluding hydrogens is 392 g/mol. The number of fused-ring (bicyclic) bond motifs is 3. The number of hydrogen-bond acceptors (Lipinski definition) is 6. The van der Waals surface area contributed by atoms with Crippen LogP contribution >= 0.6 is 11.3 Å². The molecule has 1 fully saturated rings. The third-order valence-corrected chi connectivity index (χ3v) is 6.79. The van der Waals surface area contributed by atoms with Crippen molar-refractivity contribution in [2.24, 2.45) is 0 Å². The van der Waals surface area contributed by atoms with Crippen molar-refractivity contribution < 1.29 is 14.3 Å². The zero-order chi connectivity index (χ0) is 20.4. The van der Waals surface area contributed by atoms with Gasteiger partial charge in [-0.2, -0.15) is 0 Å². The highest BCUT2D eigenvalue weighted by Gasteiger charge is 2.24. The summed E-state index contributed by atoms with van der Waals surface area (Å²) in [5.74, 6) is -0.356. The summed E-state index contributed by atoms with van der Waals surface area (Å²) in [4.78, 5) is 45.9. The minimum Gasteiger partial charge on any atom is -0.378 e. The number of hydrogen-bond donors (Lipinski definition) is 1. The van der Waals surface area contributed by atoms with Gasteiger partial charge < -0.3 is 15.0 Å². The fourth-order valence-corrected chi connectivity index (χ4v) is 5.21. The van der Waals surface area contributed by atoms with E-state index in [4.69, 9.17) is 4.74 Å². The van der Waals surface area contributed by atoms with Gasteiger partial charge in [-0.25, -0.2) is 4.98 Å². The standard InChI is InChI=1S/C20H26N4O4S/c1-13(19(26)23-8-10-28-11-9-23)22-16(25)6-7-24-12-21-18-17(20(24)27)14-4-2-3-5-15(14)29-18/h12-13H,2-11H2,1H3,(H,22,25). The minimum atomic E-state index is -0.596. The number of rotatable bonds is 5. The molecule has 2 aromatic rings. The Balaban J connectivity index is 1.39. The molecule has 2 aromatic heterocycles. The number of amides is 2.